The van der Waals surface area contributed by atoms with Crippen LogP contribution in [0.4, 0.5) is 11.4 Å². The standard InChI is InChI=1S/C11H16N2O6PS/c1-4-19-20(16)8(2)10-7-9(12-21(3,17)18)5-6-11(10)13(14)15/h5-8,12H,4H2,1-3H3/q+1. The Bertz CT molecular complexity index is 661. The largest absolute Gasteiger partial charge is 0.516 e. The van der Waals surface area contributed by atoms with Crippen molar-refractivity contribution in [2.75, 3.05) is 17.6 Å². The van der Waals surface area contributed by atoms with E-state index in [2.05, 4.69) is 4.72 Å². The Labute approximate surface area is 123 Å². The zero-order valence-electron chi connectivity index (χ0n) is 11.8. The highest BCUT2D eigenvalue weighted by Crippen LogP contribution is 2.45. The second kappa shape index (κ2) is 6.93. The molecule has 116 valence electrons. The van der Waals surface area contributed by atoms with Gasteiger partial charge in [-0.1, -0.05) is 0 Å². The van der Waals surface area contributed by atoms with Crippen LogP contribution in [0.3, 0.4) is 0 Å². The molecule has 0 aliphatic carbocycles. The molecule has 0 amide bonds. The number of benzene rings is 1. The van der Waals surface area contributed by atoms with Crippen LogP contribution in [0, 0.1) is 10.1 Å². The van der Waals surface area contributed by atoms with Crippen molar-refractivity contribution in [3.8, 4) is 0 Å². The van der Waals surface area contributed by atoms with Crippen molar-refractivity contribution in [2.45, 2.75) is 19.5 Å². The van der Waals surface area contributed by atoms with Crippen molar-refractivity contribution in [1.29, 1.82) is 0 Å². The second-order valence-corrected chi connectivity index (χ2v) is 7.64. The van der Waals surface area contributed by atoms with Gasteiger partial charge in [0.1, 0.15) is 0 Å². The summed E-state index contributed by atoms with van der Waals surface area (Å²) in [5.41, 5.74) is -0.640. The highest BCUT2D eigenvalue weighted by Gasteiger charge is 2.35. The lowest BCUT2D eigenvalue weighted by molar-refractivity contribution is -0.385. The predicted octanol–water partition coefficient (Wildman–Crippen LogP) is 2.81. The van der Waals surface area contributed by atoms with Gasteiger partial charge in [-0.25, -0.2) is 8.42 Å². The molecule has 0 aromatic heterocycles. The van der Waals surface area contributed by atoms with E-state index in [0.29, 0.717) is 0 Å². The minimum absolute atomic E-state index is 0.156. The number of nitrogens with zero attached hydrogens (tertiary/aromatic N) is 1. The first-order valence-electron chi connectivity index (χ1n) is 6.01. The Balaban J connectivity index is 3.27. The van der Waals surface area contributed by atoms with Crippen LogP contribution in [0.15, 0.2) is 18.2 Å². The average molecular weight is 335 g/mol. The molecule has 1 aromatic carbocycles. The molecule has 0 aliphatic heterocycles. The maximum absolute atomic E-state index is 11.9. The third-order valence-electron chi connectivity index (χ3n) is 2.55. The fourth-order valence-corrected chi connectivity index (χ4v) is 3.15. The molecule has 0 fully saturated rings. The van der Waals surface area contributed by atoms with Crippen molar-refractivity contribution < 1.29 is 22.4 Å². The highest BCUT2D eigenvalue weighted by molar-refractivity contribution is 7.92. The molecule has 0 saturated carbocycles. The van der Waals surface area contributed by atoms with Gasteiger partial charge in [-0.3, -0.25) is 14.8 Å². The first-order valence-corrected chi connectivity index (χ1v) is 9.15. The number of rotatable bonds is 7. The molecule has 1 rings (SSSR count). The molecular weight excluding hydrogens is 319 g/mol. The van der Waals surface area contributed by atoms with Crippen LogP contribution in [-0.4, -0.2) is 26.2 Å². The molecular formula is C11H16N2O6PS+. The smallest absolute Gasteiger partial charge is 0.284 e. The molecule has 2 atom stereocenters. The van der Waals surface area contributed by atoms with E-state index in [1.807, 2.05) is 0 Å². The Morgan fingerprint density at radius 2 is 2.10 bits per heavy atom. The van der Waals surface area contributed by atoms with Crippen LogP contribution >= 0.6 is 8.03 Å². The molecule has 1 aromatic rings. The SMILES string of the molecule is CCO[P+](=O)C(C)c1cc(NS(C)(=O)=O)ccc1[N+](=O)[O-]. The molecule has 0 radical (unpaired) electrons. The number of sulfonamides is 1. The van der Waals surface area contributed by atoms with E-state index in [1.54, 1.807) is 6.92 Å². The summed E-state index contributed by atoms with van der Waals surface area (Å²) in [6.07, 6.45) is 0.970. The molecule has 0 aliphatic rings. The molecule has 1 N–H and O–H groups in total. The fourth-order valence-electron chi connectivity index (χ4n) is 1.69. The number of hydrogen-bond donors (Lipinski definition) is 1. The van der Waals surface area contributed by atoms with Crippen LogP contribution in [0.25, 0.3) is 0 Å². The molecule has 2 unspecified atom stereocenters. The zero-order valence-corrected chi connectivity index (χ0v) is 13.5. The van der Waals surface area contributed by atoms with Crippen molar-refractivity contribution >= 4 is 29.4 Å². The van der Waals surface area contributed by atoms with E-state index in [4.69, 9.17) is 4.52 Å². The number of hydrogen-bond acceptors (Lipinski definition) is 6. The van der Waals surface area contributed by atoms with Gasteiger partial charge in [0.2, 0.25) is 15.7 Å². The summed E-state index contributed by atoms with van der Waals surface area (Å²) in [5.74, 6) is 0. The van der Waals surface area contributed by atoms with E-state index < -0.39 is 28.6 Å². The lowest BCUT2D eigenvalue weighted by atomic mass is 10.1. The van der Waals surface area contributed by atoms with E-state index in [9.17, 15) is 23.1 Å². The number of nitro groups is 1. The second-order valence-electron chi connectivity index (χ2n) is 4.28. The third kappa shape index (κ3) is 5.04. The minimum Gasteiger partial charge on any atom is -0.284 e. The number of anilines is 1. The summed E-state index contributed by atoms with van der Waals surface area (Å²) < 4.78 is 41.5. The van der Waals surface area contributed by atoms with Gasteiger partial charge in [0.25, 0.3) is 5.69 Å². The molecule has 21 heavy (non-hydrogen) atoms. The van der Waals surface area contributed by atoms with Gasteiger partial charge in [0.15, 0.2) is 0 Å². The predicted molar refractivity (Wildman–Crippen MR) is 79.2 cm³/mol. The molecule has 0 saturated heterocycles. The van der Waals surface area contributed by atoms with Crippen LogP contribution in [0.2, 0.25) is 0 Å². The highest BCUT2D eigenvalue weighted by atomic mass is 32.2. The van der Waals surface area contributed by atoms with Gasteiger partial charge >= 0.3 is 8.03 Å². The minimum atomic E-state index is -3.51. The monoisotopic (exact) mass is 335 g/mol. The van der Waals surface area contributed by atoms with Crippen molar-refractivity contribution in [3.63, 3.8) is 0 Å². The Morgan fingerprint density at radius 1 is 1.48 bits per heavy atom. The van der Waals surface area contributed by atoms with Gasteiger partial charge in [0, 0.05) is 11.8 Å². The molecule has 10 heteroatoms. The maximum Gasteiger partial charge on any atom is 0.516 e. The molecule has 8 nitrogen and oxygen atoms in total. The quantitative estimate of drug-likeness (QED) is 0.465. The summed E-state index contributed by atoms with van der Waals surface area (Å²) >= 11 is 0. The fraction of sp³-hybridized carbons (Fsp3) is 0.455. The van der Waals surface area contributed by atoms with Crippen LogP contribution in [0.5, 0.6) is 0 Å². The summed E-state index contributed by atoms with van der Waals surface area (Å²) in [7, 11) is -5.64. The van der Waals surface area contributed by atoms with Gasteiger partial charge in [-0.2, -0.15) is 0 Å². The number of nitro benzene ring substituents is 1. The lowest BCUT2D eigenvalue weighted by Gasteiger charge is -2.07. The first kappa shape index (κ1) is 17.5. The van der Waals surface area contributed by atoms with E-state index in [1.165, 1.54) is 25.1 Å². The molecule has 0 heterocycles. The molecule has 0 bridgehead atoms. The van der Waals surface area contributed by atoms with Gasteiger partial charge in [-0.15, -0.1) is 4.52 Å². The topological polar surface area (TPSA) is 116 Å². The lowest BCUT2D eigenvalue weighted by Crippen LogP contribution is -2.10. The third-order valence-corrected chi connectivity index (χ3v) is 4.58. The summed E-state index contributed by atoms with van der Waals surface area (Å²) in [6, 6.07) is 3.76. The van der Waals surface area contributed by atoms with Crippen LogP contribution in [-0.2, 0) is 19.1 Å². The Hall–Kier alpha value is -1.57. The molecule has 0 spiro atoms. The van der Waals surface area contributed by atoms with E-state index in [-0.39, 0.29) is 23.5 Å². The van der Waals surface area contributed by atoms with Crippen molar-refractivity contribution in [1.82, 2.24) is 0 Å². The average Bonchev–Trinajstić information content (AvgIpc) is 2.35. The Kier molecular flexibility index (Phi) is 5.77. The van der Waals surface area contributed by atoms with E-state index >= 15 is 0 Å². The summed E-state index contributed by atoms with van der Waals surface area (Å²) in [6.45, 7) is 3.41. The summed E-state index contributed by atoms with van der Waals surface area (Å²) in [4.78, 5) is 10.4. The van der Waals surface area contributed by atoms with Gasteiger partial charge < -0.3 is 0 Å². The van der Waals surface area contributed by atoms with Gasteiger partial charge in [0.05, 0.1) is 23.3 Å². The van der Waals surface area contributed by atoms with Crippen molar-refractivity contribution in [3.05, 3.63) is 33.9 Å². The zero-order chi connectivity index (χ0) is 16.2. The van der Waals surface area contributed by atoms with Crippen LogP contribution in [0.1, 0.15) is 25.1 Å². The van der Waals surface area contributed by atoms with E-state index in [0.717, 1.165) is 6.26 Å². The summed E-state index contributed by atoms with van der Waals surface area (Å²) in [5, 5.41) is 11.0. The Morgan fingerprint density at radius 3 is 2.57 bits per heavy atom. The van der Waals surface area contributed by atoms with Crippen LogP contribution < -0.4 is 4.72 Å². The normalized spacial score (nSPS) is 13.6. The number of nitrogens with one attached hydrogen (secondary N) is 1. The van der Waals surface area contributed by atoms with Crippen molar-refractivity contribution in [2.24, 2.45) is 0 Å². The first-order chi connectivity index (χ1) is 9.65. The van der Waals surface area contributed by atoms with Gasteiger partial charge in [-0.05, 0) is 30.5 Å². The maximum atomic E-state index is 11.9.